The average Bonchev–Trinajstić information content (AvgIpc) is 2.86. The number of hydrogen-bond acceptors (Lipinski definition) is 6. The summed E-state index contributed by atoms with van der Waals surface area (Å²) in [6.45, 7) is 0. The molecule has 0 bridgehead atoms. The first-order chi connectivity index (χ1) is 13.4. The van der Waals surface area contributed by atoms with Gasteiger partial charge in [0.25, 0.3) is 0 Å². The monoisotopic (exact) mass is 384 g/mol. The lowest BCUT2D eigenvalue weighted by atomic mass is 9.89. The van der Waals surface area contributed by atoms with Gasteiger partial charge in [0.1, 0.15) is 0 Å². The SMILES string of the molecule is C1CCC(C2OOC(C3CCCCC3)OOC(C3CCCCC3)OO2)CC1. The molecule has 6 heteroatoms. The van der Waals surface area contributed by atoms with Crippen LogP contribution in [0.15, 0.2) is 0 Å². The molecule has 0 amide bonds. The van der Waals surface area contributed by atoms with Gasteiger partial charge in [-0.2, -0.15) is 29.3 Å². The van der Waals surface area contributed by atoms with Gasteiger partial charge in [-0.05, 0) is 38.5 Å². The van der Waals surface area contributed by atoms with Crippen LogP contribution in [0.25, 0.3) is 0 Å². The third kappa shape index (κ3) is 5.64. The third-order valence-corrected chi connectivity index (χ3v) is 6.84. The van der Waals surface area contributed by atoms with Crippen molar-refractivity contribution in [1.82, 2.24) is 0 Å². The minimum absolute atomic E-state index is 0.302. The summed E-state index contributed by atoms with van der Waals surface area (Å²) in [6, 6.07) is 0. The Hall–Kier alpha value is -0.240. The second kappa shape index (κ2) is 10.5. The minimum atomic E-state index is -0.507. The van der Waals surface area contributed by atoms with Gasteiger partial charge in [0.15, 0.2) is 0 Å². The van der Waals surface area contributed by atoms with E-state index in [9.17, 15) is 0 Å². The van der Waals surface area contributed by atoms with E-state index in [1.165, 1.54) is 57.8 Å². The van der Waals surface area contributed by atoms with Crippen LogP contribution in [0.2, 0.25) is 0 Å². The molecule has 4 fully saturated rings. The Balaban J connectivity index is 1.43. The van der Waals surface area contributed by atoms with Gasteiger partial charge in [0, 0.05) is 17.8 Å². The largest absolute Gasteiger partial charge is 0.227 e. The molecule has 0 aromatic heterocycles. The molecule has 0 unspecified atom stereocenters. The van der Waals surface area contributed by atoms with Crippen LogP contribution in [0, 0.1) is 17.8 Å². The van der Waals surface area contributed by atoms with E-state index in [1.807, 2.05) is 0 Å². The van der Waals surface area contributed by atoms with Crippen LogP contribution < -0.4 is 0 Å². The van der Waals surface area contributed by atoms with Crippen LogP contribution in [-0.2, 0) is 29.3 Å². The molecular formula is C21H36O6. The maximum Gasteiger partial charge on any atom is 0.227 e. The Morgan fingerprint density at radius 1 is 0.296 bits per heavy atom. The molecule has 156 valence electrons. The molecule has 0 aromatic carbocycles. The Kier molecular flexibility index (Phi) is 7.81. The average molecular weight is 385 g/mol. The van der Waals surface area contributed by atoms with Gasteiger partial charge in [0.05, 0.1) is 0 Å². The lowest BCUT2D eigenvalue weighted by Gasteiger charge is -2.30. The van der Waals surface area contributed by atoms with Crippen molar-refractivity contribution in [3.63, 3.8) is 0 Å². The van der Waals surface area contributed by atoms with Crippen molar-refractivity contribution >= 4 is 0 Å². The Morgan fingerprint density at radius 3 is 0.741 bits per heavy atom. The highest BCUT2D eigenvalue weighted by atomic mass is 17.4. The Morgan fingerprint density at radius 2 is 0.519 bits per heavy atom. The predicted molar refractivity (Wildman–Crippen MR) is 97.6 cm³/mol. The highest BCUT2D eigenvalue weighted by Gasteiger charge is 2.37. The molecule has 6 nitrogen and oxygen atoms in total. The fraction of sp³-hybridized carbons (Fsp3) is 1.00. The molecule has 3 saturated carbocycles. The fourth-order valence-electron chi connectivity index (χ4n) is 5.07. The van der Waals surface area contributed by atoms with Gasteiger partial charge in [-0.15, -0.1) is 0 Å². The van der Waals surface area contributed by atoms with Gasteiger partial charge >= 0.3 is 0 Å². The van der Waals surface area contributed by atoms with Crippen LogP contribution >= 0.6 is 0 Å². The topological polar surface area (TPSA) is 55.4 Å². The van der Waals surface area contributed by atoms with E-state index in [1.54, 1.807) is 0 Å². The highest BCUT2D eigenvalue weighted by Crippen LogP contribution is 2.35. The van der Waals surface area contributed by atoms with Crippen LogP contribution in [0.4, 0.5) is 0 Å². The summed E-state index contributed by atoms with van der Waals surface area (Å²) in [5.74, 6) is 0.905. The first-order valence-electron chi connectivity index (χ1n) is 11.4. The molecule has 1 aliphatic heterocycles. The van der Waals surface area contributed by atoms with Gasteiger partial charge in [0.2, 0.25) is 18.9 Å². The molecule has 0 spiro atoms. The number of hydrogen-bond donors (Lipinski definition) is 0. The normalized spacial score (nSPS) is 36.7. The molecule has 3 aliphatic carbocycles. The van der Waals surface area contributed by atoms with Crippen LogP contribution in [-0.4, -0.2) is 18.9 Å². The minimum Gasteiger partial charge on any atom is -0.198 e. The summed E-state index contributed by atoms with van der Waals surface area (Å²) in [6.07, 6.45) is 16.1. The lowest BCUT2D eigenvalue weighted by molar-refractivity contribution is -0.497. The van der Waals surface area contributed by atoms with Crippen LogP contribution in [0.1, 0.15) is 96.3 Å². The quantitative estimate of drug-likeness (QED) is 0.594. The molecule has 0 radical (unpaired) electrons. The summed E-state index contributed by atoms with van der Waals surface area (Å²) in [5, 5.41) is 0. The summed E-state index contributed by atoms with van der Waals surface area (Å²) in [4.78, 5) is 34.5. The standard InChI is InChI=1S/C21H36O6/c1-4-10-16(11-5-1)19-22-24-20(17-12-6-2-7-13-17)26-27-21(25-23-19)18-14-8-3-9-15-18/h16-21H,1-15H2. The molecular weight excluding hydrogens is 348 g/mol. The first-order valence-corrected chi connectivity index (χ1v) is 11.4. The summed E-state index contributed by atoms with van der Waals surface area (Å²) >= 11 is 0. The molecule has 0 atom stereocenters. The molecule has 4 aliphatic rings. The Bertz CT molecular complexity index is 341. The Labute approximate surface area is 162 Å². The van der Waals surface area contributed by atoms with Gasteiger partial charge in [-0.3, -0.25) is 0 Å². The van der Waals surface area contributed by atoms with E-state index < -0.39 is 18.9 Å². The summed E-state index contributed by atoms with van der Waals surface area (Å²) in [7, 11) is 0. The fourth-order valence-corrected chi connectivity index (χ4v) is 5.07. The second-order valence-corrected chi connectivity index (χ2v) is 8.88. The third-order valence-electron chi connectivity index (χ3n) is 6.84. The zero-order valence-electron chi connectivity index (χ0n) is 16.5. The molecule has 1 heterocycles. The molecule has 0 N–H and O–H groups in total. The first kappa shape index (κ1) is 20.0. The van der Waals surface area contributed by atoms with E-state index in [0.29, 0.717) is 17.8 Å². The summed E-state index contributed by atoms with van der Waals surface area (Å²) in [5.41, 5.74) is 0. The zero-order chi connectivity index (χ0) is 18.3. The van der Waals surface area contributed by atoms with Crippen molar-refractivity contribution < 1.29 is 29.3 Å². The van der Waals surface area contributed by atoms with Crippen LogP contribution in [0.5, 0.6) is 0 Å². The van der Waals surface area contributed by atoms with E-state index in [0.717, 1.165) is 38.5 Å². The molecule has 4 rings (SSSR count). The van der Waals surface area contributed by atoms with Crippen molar-refractivity contribution in [2.75, 3.05) is 0 Å². The van der Waals surface area contributed by atoms with Crippen molar-refractivity contribution in [3.8, 4) is 0 Å². The maximum atomic E-state index is 5.75. The molecule has 0 aromatic rings. The van der Waals surface area contributed by atoms with E-state index in [2.05, 4.69) is 0 Å². The van der Waals surface area contributed by atoms with Crippen molar-refractivity contribution in [2.45, 2.75) is 115 Å². The molecule has 27 heavy (non-hydrogen) atoms. The summed E-state index contributed by atoms with van der Waals surface area (Å²) < 4.78 is 0. The van der Waals surface area contributed by atoms with Crippen molar-refractivity contribution in [1.29, 1.82) is 0 Å². The molecule has 1 saturated heterocycles. The van der Waals surface area contributed by atoms with Gasteiger partial charge in [-0.1, -0.05) is 57.8 Å². The van der Waals surface area contributed by atoms with Gasteiger partial charge in [-0.25, -0.2) is 0 Å². The van der Waals surface area contributed by atoms with Crippen LogP contribution in [0.3, 0.4) is 0 Å². The second-order valence-electron chi connectivity index (χ2n) is 8.88. The highest BCUT2D eigenvalue weighted by molar-refractivity contribution is 4.71. The van der Waals surface area contributed by atoms with Gasteiger partial charge < -0.3 is 0 Å². The van der Waals surface area contributed by atoms with E-state index >= 15 is 0 Å². The van der Waals surface area contributed by atoms with E-state index in [-0.39, 0.29) is 0 Å². The predicted octanol–water partition coefficient (Wildman–Crippen LogP) is 5.56. The van der Waals surface area contributed by atoms with E-state index in [4.69, 9.17) is 29.3 Å². The van der Waals surface area contributed by atoms with Crippen molar-refractivity contribution in [3.05, 3.63) is 0 Å². The zero-order valence-corrected chi connectivity index (χ0v) is 16.5. The smallest absolute Gasteiger partial charge is 0.198 e. The van der Waals surface area contributed by atoms with Crippen molar-refractivity contribution in [2.24, 2.45) is 17.8 Å². The maximum absolute atomic E-state index is 5.75. The number of rotatable bonds is 3. The lowest BCUT2D eigenvalue weighted by Crippen LogP contribution is -2.33.